The van der Waals surface area contributed by atoms with Gasteiger partial charge in [-0.2, -0.15) is 0 Å². The zero-order valence-electron chi connectivity index (χ0n) is 23.8. The molecule has 4 rings (SSSR count). The zero-order valence-corrected chi connectivity index (χ0v) is 23.8. The molecule has 2 amide bonds. The monoisotopic (exact) mass is 552 g/mol. The number of hydrogen-bond acceptors (Lipinski definition) is 5. The summed E-state index contributed by atoms with van der Waals surface area (Å²) in [5.41, 5.74) is 2.23. The Morgan fingerprint density at radius 1 is 0.561 bits per heavy atom. The van der Waals surface area contributed by atoms with Gasteiger partial charge in [-0.3, -0.25) is 9.59 Å². The lowest BCUT2D eigenvalue weighted by Gasteiger charge is -2.14. The molecule has 0 saturated heterocycles. The molecule has 41 heavy (non-hydrogen) atoms. The highest BCUT2D eigenvalue weighted by Crippen LogP contribution is 2.27. The molecule has 0 bridgehead atoms. The number of ether oxygens (including phenoxy) is 3. The minimum Gasteiger partial charge on any atom is -0.492 e. The van der Waals surface area contributed by atoms with Crippen molar-refractivity contribution >= 4 is 23.2 Å². The summed E-state index contributed by atoms with van der Waals surface area (Å²) in [4.78, 5) is 25.7. The van der Waals surface area contributed by atoms with E-state index in [2.05, 4.69) is 38.3 Å². The largest absolute Gasteiger partial charge is 0.492 e. The second-order valence-electron chi connectivity index (χ2n) is 10.5. The number of carbonyl (C=O) groups excluding carboxylic acids is 2. The van der Waals surface area contributed by atoms with Gasteiger partial charge in [0.2, 0.25) is 0 Å². The van der Waals surface area contributed by atoms with Crippen LogP contribution in [0.3, 0.4) is 0 Å². The van der Waals surface area contributed by atoms with E-state index in [1.807, 2.05) is 24.3 Å². The van der Waals surface area contributed by atoms with E-state index >= 15 is 0 Å². The van der Waals surface area contributed by atoms with Gasteiger partial charge < -0.3 is 24.8 Å². The molecule has 0 aliphatic heterocycles. The maximum Gasteiger partial charge on any atom is 0.259 e. The van der Waals surface area contributed by atoms with Crippen LogP contribution in [-0.4, -0.2) is 25.0 Å². The predicted octanol–water partition coefficient (Wildman–Crippen LogP) is 8.05. The molecule has 0 aliphatic rings. The Bertz CT molecular complexity index is 1340. The van der Waals surface area contributed by atoms with E-state index in [9.17, 15) is 9.59 Å². The summed E-state index contributed by atoms with van der Waals surface area (Å²) in [6.45, 7) is 9.30. The van der Waals surface area contributed by atoms with Gasteiger partial charge in [-0.05, 0) is 84.6 Å². The number of rotatable bonds is 12. The molecule has 0 heterocycles. The van der Waals surface area contributed by atoms with E-state index in [4.69, 9.17) is 14.2 Å². The quantitative estimate of drug-likeness (QED) is 0.186. The van der Waals surface area contributed by atoms with Gasteiger partial charge in [0.15, 0.2) is 0 Å². The Morgan fingerprint density at radius 2 is 0.927 bits per heavy atom. The lowest BCUT2D eigenvalue weighted by atomic mass is 10.1. The van der Waals surface area contributed by atoms with Crippen molar-refractivity contribution in [1.29, 1.82) is 0 Å². The molecule has 7 heteroatoms. The zero-order chi connectivity index (χ0) is 29.2. The fourth-order valence-electron chi connectivity index (χ4n) is 3.82. The molecule has 0 saturated carbocycles. The molecule has 4 aromatic rings. The molecule has 0 radical (unpaired) electrons. The van der Waals surface area contributed by atoms with Crippen LogP contribution in [0.25, 0.3) is 0 Å². The molecule has 2 N–H and O–H groups in total. The number of para-hydroxylation sites is 2. The second kappa shape index (κ2) is 14.0. The van der Waals surface area contributed by atoms with Crippen LogP contribution in [0.15, 0.2) is 97.1 Å². The smallest absolute Gasteiger partial charge is 0.259 e. The molecule has 0 atom stereocenters. The minimum absolute atomic E-state index is 0.246. The van der Waals surface area contributed by atoms with Gasteiger partial charge in [0.05, 0.1) is 24.3 Å². The fraction of sp³-hybridized carbons (Fsp3) is 0.235. The highest BCUT2D eigenvalue weighted by Gasteiger charge is 2.14. The Morgan fingerprint density at radius 3 is 1.29 bits per heavy atom. The average Bonchev–Trinajstić information content (AvgIpc) is 2.97. The Balaban J connectivity index is 1.33. The first-order chi connectivity index (χ1) is 19.8. The van der Waals surface area contributed by atoms with Crippen LogP contribution >= 0.6 is 0 Å². The summed E-state index contributed by atoms with van der Waals surface area (Å²) in [7, 11) is 0. The van der Waals surface area contributed by atoms with E-state index in [0.29, 0.717) is 70.5 Å². The first-order valence-corrected chi connectivity index (χ1v) is 13.7. The second-order valence-corrected chi connectivity index (χ2v) is 10.5. The van der Waals surface area contributed by atoms with E-state index < -0.39 is 0 Å². The maximum atomic E-state index is 12.9. The third kappa shape index (κ3) is 8.60. The van der Waals surface area contributed by atoms with E-state index in [0.717, 1.165) is 0 Å². The van der Waals surface area contributed by atoms with Crippen LogP contribution in [0.5, 0.6) is 23.0 Å². The van der Waals surface area contributed by atoms with Crippen LogP contribution in [0.1, 0.15) is 48.4 Å². The van der Waals surface area contributed by atoms with Gasteiger partial charge in [0.1, 0.15) is 23.0 Å². The van der Waals surface area contributed by atoms with E-state index in [-0.39, 0.29) is 11.8 Å². The topological polar surface area (TPSA) is 85.9 Å². The van der Waals surface area contributed by atoms with Crippen molar-refractivity contribution in [1.82, 2.24) is 0 Å². The van der Waals surface area contributed by atoms with Crippen LogP contribution < -0.4 is 24.8 Å². The van der Waals surface area contributed by atoms with Crippen LogP contribution in [0.2, 0.25) is 0 Å². The number of hydrogen-bond donors (Lipinski definition) is 2. The lowest BCUT2D eigenvalue weighted by molar-refractivity contribution is 0.101. The summed E-state index contributed by atoms with van der Waals surface area (Å²) < 4.78 is 17.6. The summed E-state index contributed by atoms with van der Waals surface area (Å²) in [6.07, 6.45) is 0. The highest BCUT2D eigenvalue weighted by atomic mass is 16.5. The molecule has 0 aliphatic carbocycles. The number of anilines is 2. The normalized spacial score (nSPS) is 10.8. The van der Waals surface area contributed by atoms with Crippen molar-refractivity contribution < 1.29 is 23.8 Å². The van der Waals surface area contributed by atoms with Gasteiger partial charge in [-0.25, -0.2) is 0 Å². The van der Waals surface area contributed by atoms with Gasteiger partial charge in [-0.15, -0.1) is 0 Å². The van der Waals surface area contributed by atoms with Crippen molar-refractivity contribution in [3.8, 4) is 23.0 Å². The first kappa shape index (κ1) is 29.2. The molecule has 0 fully saturated rings. The number of amides is 2. The first-order valence-electron chi connectivity index (χ1n) is 13.7. The Labute approximate surface area is 241 Å². The van der Waals surface area contributed by atoms with Crippen LogP contribution in [-0.2, 0) is 0 Å². The van der Waals surface area contributed by atoms with Gasteiger partial charge in [0, 0.05) is 11.4 Å². The van der Waals surface area contributed by atoms with Crippen molar-refractivity contribution in [2.45, 2.75) is 27.7 Å². The van der Waals surface area contributed by atoms with Crippen LogP contribution in [0.4, 0.5) is 11.4 Å². The highest BCUT2D eigenvalue weighted by molar-refractivity contribution is 6.06. The lowest BCUT2D eigenvalue weighted by Crippen LogP contribution is -2.15. The third-order valence-corrected chi connectivity index (χ3v) is 5.87. The SMILES string of the molecule is CC(C)COc1ccccc1C(=O)Nc1ccc(Oc2ccc(NC(=O)c3ccccc3OCC(C)C)cc2)cc1. The van der Waals surface area contributed by atoms with E-state index in [1.165, 1.54) is 0 Å². The predicted molar refractivity (Wildman–Crippen MR) is 162 cm³/mol. The van der Waals surface area contributed by atoms with Gasteiger partial charge in [-0.1, -0.05) is 52.0 Å². The molecule has 7 nitrogen and oxygen atoms in total. The number of nitrogens with one attached hydrogen (secondary N) is 2. The summed E-state index contributed by atoms with van der Waals surface area (Å²) in [6, 6.07) is 28.6. The Kier molecular flexibility index (Phi) is 9.99. The Hall–Kier alpha value is -4.78. The molecular formula is C34H36N2O5. The molecule has 0 aromatic heterocycles. The third-order valence-electron chi connectivity index (χ3n) is 5.87. The van der Waals surface area contributed by atoms with E-state index in [1.54, 1.807) is 72.8 Å². The van der Waals surface area contributed by atoms with Crippen LogP contribution in [0, 0.1) is 11.8 Å². The minimum atomic E-state index is -0.246. The average molecular weight is 553 g/mol. The molecule has 0 unspecified atom stereocenters. The van der Waals surface area contributed by atoms with Gasteiger partial charge in [0.25, 0.3) is 11.8 Å². The number of benzene rings is 4. The summed E-state index contributed by atoms with van der Waals surface area (Å²) in [5, 5.41) is 5.82. The van der Waals surface area contributed by atoms with Crippen molar-refractivity contribution in [3.63, 3.8) is 0 Å². The summed E-state index contributed by atoms with van der Waals surface area (Å²) >= 11 is 0. The summed E-state index contributed by atoms with van der Waals surface area (Å²) in [5.74, 6) is 2.54. The standard InChI is InChI=1S/C34H36N2O5/c1-23(2)21-39-31-11-7-5-9-29(31)33(37)35-25-13-17-27(18-14-25)41-28-19-15-26(16-20-28)36-34(38)30-10-6-8-12-32(30)40-22-24(3)4/h5-20,23-24H,21-22H2,1-4H3,(H,35,37)(H,36,38). The molecule has 4 aromatic carbocycles. The van der Waals surface area contributed by atoms with Gasteiger partial charge >= 0.3 is 0 Å². The van der Waals surface area contributed by atoms with Crippen molar-refractivity contribution in [2.75, 3.05) is 23.8 Å². The molecule has 212 valence electrons. The molecule has 0 spiro atoms. The van der Waals surface area contributed by atoms with Crippen molar-refractivity contribution in [3.05, 3.63) is 108 Å². The number of carbonyl (C=O) groups is 2. The fourth-order valence-corrected chi connectivity index (χ4v) is 3.82. The maximum absolute atomic E-state index is 12.9. The van der Waals surface area contributed by atoms with Crippen molar-refractivity contribution in [2.24, 2.45) is 11.8 Å². The molecular weight excluding hydrogens is 516 g/mol.